The molecule has 0 aromatic heterocycles. The number of rotatable bonds is 5. The molecule has 1 N–H and O–H groups in total. The van der Waals surface area contributed by atoms with Gasteiger partial charge in [0, 0.05) is 11.0 Å². The van der Waals surface area contributed by atoms with E-state index in [1.54, 1.807) is 0 Å². The minimum absolute atomic E-state index is 0.246. The molecule has 100 valence electrons. The fourth-order valence-corrected chi connectivity index (χ4v) is 2.32. The van der Waals surface area contributed by atoms with Gasteiger partial charge in [0.25, 0.3) is 0 Å². The van der Waals surface area contributed by atoms with Crippen LogP contribution in [0.25, 0.3) is 0 Å². The molecular formula is C15H15BrFNO. The number of nitrogens with one attached hydrogen (secondary N) is 1. The lowest BCUT2D eigenvalue weighted by Crippen LogP contribution is -2.03. The zero-order valence-corrected chi connectivity index (χ0v) is 12.2. The highest BCUT2D eigenvalue weighted by atomic mass is 79.9. The van der Waals surface area contributed by atoms with Crippen LogP contribution in [-0.2, 0) is 6.54 Å². The molecule has 0 aliphatic heterocycles. The van der Waals surface area contributed by atoms with Crippen LogP contribution in [-0.4, -0.2) is 6.61 Å². The number of hydrogen-bond donors (Lipinski definition) is 1. The molecule has 0 heterocycles. The van der Waals surface area contributed by atoms with Crippen LogP contribution in [0.4, 0.5) is 10.1 Å². The van der Waals surface area contributed by atoms with E-state index in [0.717, 1.165) is 21.5 Å². The molecule has 0 unspecified atom stereocenters. The maximum atomic E-state index is 13.3. The summed E-state index contributed by atoms with van der Waals surface area (Å²) in [6.45, 7) is 3.10. The minimum atomic E-state index is -0.246. The summed E-state index contributed by atoms with van der Waals surface area (Å²) in [4.78, 5) is 0. The van der Waals surface area contributed by atoms with Gasteiger partial charge in [0.05, 0.1) is 12.3 Å². The summed E-state index contributed by atoms with van der Waals surface area (Å²) in [6, 6.07) is 12.6. The number of halogens is 2. The van der Waals surface area contributed by atoms with Crippen molar-refractivity contribution in [3.63, 3.8) is 0 Å². The number of para-hydroxylation sites is 2. The Morgan fingerprint density at radius 2 is 2.00 bits per heavy atom. The van der Waals surface area contributed by atoms with Gasteiger partial charge in [-0.25, -0.2) is 4.39 Å². The van der Waals surface area contributed by atoms with Crippen molar-refractivity contribution in [3.8, 4) is 5.75 Å². The Morgan fingerprint density at radius 1 is 1.21 bits per heavy atom. The smallest absolute Gasteiger partial charge is 0.142 e. The molecule has 0 saturated carbocycles. The summed E-state index contributed by atoms with van der Waals surface area (Å²) in [5.74, 6) is 0.560. The van der Waals surface area contributed by atoms with Gasteiger partial charge >= 0.3 is 0 Å². The molecule has 0 aliphatic rings. The van der Waals surface area contributed by atoms with Gasteiger partial charge in [-0.05, 0) is 42.8 Å². The van der Waals surface area contributed by atoms with Gasteiger partial charge in [0.2, 0.25) is 0 Å². The number of benzene rings is 2. The van der Waals surface area contributed by atoms with Crippen molar-refractivity contribution in [3.05, 3.63) is 58.3 Å². The van der Waals surface area contributed by atoms with Crippen LogP contribution < -0.4 is 10.1 Å². The number of anilines is 1. The first-order chi connectivity index (χ1) is 9.19. The maximum absolute atomic E-state index is 13.3. The molecular weight excluding hydrogens is 309 g/mol. The summed E-state index contributed by atoms with van der Waals surface area (Å²) < 4.78 is 19.5. The second-order valence-electron chi connectivity index (χ2n) is 4.06. The Balaban J connectivity index is 2.09. The molecule has 0 saturated heterocycles. The first-order valence-electron chi connectivity index (χ1n) is 6.09. The third kappa shape index (κ3) is 3.96. The molecule has 4 heteroatoms. The van der Waals surface area contributed by atoms with Crippen LogP contribution in [0, 0.1) is 5.82 Å². The van der Waals surface area contributed by atoms with E-state index in [-0.39, 0.29) is 5.82 Å². The molecule has 19 heavy (non-hydrogen) atoms. The van der Waals surface area contributed by atoms with Crippen molar-refractivity contribution in [1.29, 1.82) is 0 Å². The average molecular weight is 324 g/mol. The normalized spacial score (nSPS) is 10.3. The van der Waals surface area contributed by atoms with Crippen LogP contribution >= 0.6 is 15.9 Å². The van der Waals surface area contributed by atoms with Crippen molar-refractivity contribution in [2.75, 3.05) is 11.9 Å². The monoisotopic (exact) mass is 323 g/mol. The second kappa shape index (κ2) is 6.57. The lowest BCUT2D eigenvalue weighted by Gasteiger charge is -2.12. The Morgan fingerprint density at radius 3 is 2.74 bits per heavy atom. The molecule has 0 radical (unpaired) electrons. The second-order valence-corrected chi connectivity index (χ2v) is 4.98. The van der Waals surface area contributed by atoms with E-state index >= 15 is 0 Å². The molecule has 0 atom stereocenters. The van der Waals surface area contributed by atoms with E-state index < -0.39 is 0 Å². The van der Waals surface area contributed by atoms with Crippen LogP contribution in [0.2, 0.25) is 0 Å². The summed E-state index contributed by atoms with van der Waals surface area (Å²) in [5, 5.41) is 3.26. The highest BCUT2D eigenvalue weighted by Crippen LogP contribution is 2.24. The molecule has 2 aromatic carbocycles. The Bertz CT molecular complexity index is 539. The standard InChI is InChI=1S/C15H15BrFNO/c1-2-19-15-6-4-3-5-14(15)18-10-11-7-12(16)9-13(17)8-11/h3-9,18H,2,10H2,1H3. The number of hydrogen-bond acceptors (Lipinski definition) is 2. The highest BCUT2D eigenvalue weighted by Gasteiger charge is 2.03. The fourth-order valence-electron chi connectivity index (χ4n) is 1.80. The zero-order chi connectivity index (χ0) is 13.7. The highest BCUT2D eigenvalue weighted by molar-refractivity contribution is 9.10. The van der Waals surface area contributed by atoms with E-state index in [2.05, 4.69) is 21.2 Å². The molecule has 2 aromatic rings. The molecule has 0 aliphatic carbocycles. The third-order valence-electron chi connectivity index (χ3n) is 2.59. The van der Waals surface area contributed by atoms with Gasteiger partial charge in [-0.3, -0.25) is 0 Å². The van der Waals surface area contributed by atoms with Gasteiger partial charge in [0.15, 0.2) is 0 Å². The average Bonchev–Trinajstić information content (AvgIpc) is 2.37. The van der Waals surface area contributed by atoms with Crippen molar-refractivity contribution in [1.82, 2.24) is 0 Å². The van der Waals surface area contributed by atoms with Crippen molar-refractivity contribution in [2.24, 2.45) is 0 Å². The van der Waals surface area contributed by atoms with E-state index in [9.17, 15) is 4.39 Å². The molecule has 2 nitrogen and oxygen atoms in total. The largest absolute Gasteiger partial charge is 0.492 e. The first-order valence-corrected chi connectivity index (χ1v) is 6.89. The topological polar surface area (TPSA) is 21.3 Å². The van der Waals surface area contributed by atoms with Crippen molar-refractivity contribution in [2.45, 2.75) is 13.5 Å². The number of ether oxygens (including phenoxy) is 1. The minimum Gasteiger partial charge on any atom is -0.492 e. The van der Waals surface area contributed by atoms with Crippen LogP contribution in [0.3, 0.4) is 0 Å². The molecule has 0 bridgehead atoms. The first kappa shape index (κ1) is 13.9. The zero-order valence-electron chi connectivity index (χ0n) is 10.6. The summed E-state index contributed by atoms with van der Waals surface area (Å²) >= 11 is 3.29. The van der Waals surface area contributed by atoms with Crippen LogP contribution in [0.1, 0.15) is 12.5 Å². The maximum Gasteiger partial charge on any atom is 0.142 e. The quantitative estimate of drug-likeness (QED) is 0.868. The predicted octanol–water partition coefficient (Wildman–Crippen LogP) is 4.60. The molecule has 0 amide bonds. The summed E-state index contributed by atoms with van der Waals surface area (Å²) in [6.07, 6.45) is 0. The molecule has 0 fully saturated rings. The molecule has 0 spiro atoms. The Kier molecular flexibility index (Phi) is 4.80. The molecule has 2 rings (SSSR count). The van der Waals surface area contributed by atoms with E-state index in [4.69, 9.17) is 4.74 Å². The SMILES string of the molecule is CCOc1ccccc1NCc1cc(F)cc(Br)c1. The Hall–Kier alpha value is -1.55. The van der Waals surface area contributed by atoms with Gasteiger partial charge in [-0.1, -0.05) is 28.1 Å². The van der Waals surface area contributed by atoms with E-state index in [1.165, 1.54) is 12.1 Å². The van der Waals surface area contributed by atoms with Gasteiger partial charge in [0.1, 0.15) is 11.6 Å². The van der Waals surface area contributed by atoms with Crippen LogP contribution in [0.5, 0.6) is 5.75 Å². The third-order valence-corrected chi connectivity index (χ3v) is 3.05. The van der Waals surface area contributed by atoms with Gasteiger partial charge in [-0.15, -0.1) is 0 Å². The predicted molar refractivity (Wildman–Crippen MR) is 79.0 cm³/mol. The Labute approximate surface area is 120 Å². The summed E-state index contributed by atoms with van der Waals surface area (Å²) in [5.41, 5.74) is 1.78. The van der Waals surface area contributed by atoms with E-state index in [0.29, 0.717) is 13.2 Å². The van der Waals surface area contributed by atoms with Crippen molar-refractivity contribution >= 4 is 21.6 Å². The van der Waals surface area contributed by atoms with Crippen molar-refractivity contribution < 1.29 is 9.13 Å². The van der Waals surface area contributed by atoms with Gasteiger partial charge in [-0.2, -0.15) is 0 Å². The lowest BCUT2D eigenvalue weighted by molar-refractivity contribution is 0.341. The summed E-state index contributed by atoms with van der Waals surface area (Å²) in [7, 11) is 0. The van der Waals surface area contributed by atoms with Crippen LogP contribution in [0.15, 0.2) is 46.9 Å². The van der Waals surface area contributed by atoms with E-state index in [1.807, 2.05) is 37.3 Å². The fraction of sp³-hybridized carbons (Fsp3) is 0.200. The lowest BCUT2D eigenvalue weighted by atomic mass is 10.2. The van der Waals surface area contributed by atoms with Gasteiger partial charge < -0.3 is 10.1 Å².